The van der Waals surface area contributed by atoms with E-state index in [1.165, 1.54) is 6.92 Å². The summed E-state index contributed by atoms with van der Waals surface area (Å²) in [7, 11) is 0. The summed E-state index contributed by atoms with van der Waals surface area (Å²) >= 11 is 0.812. The van der Waals surface area contributed by atoms with Crippen LogP contribution in [-0.2, 0) is 6.18 Å². The van der Waals surface area contributed by atoms with Gasteiger partial charge in [0.05, 0.1) is 10.4 Å². The van der Waals surface area contributed by atoms with Crippen molar-refractivity contribution in [3.63, 3.8) is 0 Å². The number of aromatic amines is 1. The van der Waals surface area contributed by atoms with Crippen LogP contribution in [0.3, 0.4) is 0 Å². The highest BCUT2D eigenvalue weighted by molar-refractivity contribution is 7.21. The Morgan fingerprint density at radius 3 is 2.54 bits per heavy atom. The Hall–Kier alpha value is -2.68. The fourth-order valence-corrected chi connectivity index (χ4v) is 3.19. The summed E-state index contributed by atoms with van der Waals surface area (Å²) in [5.74, 6) is -1.88. The molecule has 3 rings (SSSR count). The van der Waals surface area contributed by atoms with Crippen molar-refractivity contribution in [2.75, 3.05) is 5.32 Å². The van der Waals surface area contributed by atoms with Gasteiger partial charge in [0.15, 0.2) is 0 Å². The SMILES string of the molecule is Cc1c(C(=O)Nc2ccccc2)sc2c(=O)[nH]c(C(F)(F)F)nc12. The predicted octanol–water partition coefficient (Wildman–Crippen LogP) is 3.56. The Morgan fingerprint density at radius 1 is 1.25 bits per heavy atom. The number of amides is 1. The summed E-state index contributed by atoms with van der Waals surface area (Å²) in [6.45, 7) is 1.46. The van der Waals surface area contributed by atoms with E-state index in [4.69, 9.17) is 0 Å². The maximum Gasteiger partial charge on any atom is 0.449 e. The van der Waals surface area contributed by atoms with Crippen LogP contribution in [0.5, 0.6) is 0 Å². The fourth-order valence-electron chi connectivity index (χ4n) is 2.16. The van der Waals surface area contributed by atoms with Crippen LogP contribution in [0.25, 0.3) is 10.2 Å². The number of anilines is 1. The average molecular weight is 353 g/mol. The number of alkyl halides is 3. The number of carbonyl (C=O) groups excluding carboxylic acids is 1. The number of hydrogen-bond acceptors (Lipinski definition) is 4. The molecule has 2 N–H and O–H groups in total. The molecule has 1 amide bonds. The summed E-state index contributed by atoms with van der Waals surface area (Å²) < 4.78 is 38.3. The van der Waals surface area contributed by atoms with Gasteiger partial charge in [-0.3, -0.25) is 9.59 Å². The van der Waals surface area contributed by atoms with Gasteiger partial charge in [0.1, 0.15) is 4.70 Å². The van der Waals surface area contributed by atoms with Crippen molar-refractivity contribution in [1.82, 2.24) is 9.97 Å². The van der Waals surface area contributed by atoms with E-state index in [2.05, 4.69) is 10.3 Å². The van der Waals surface area contributed by atoms with E-state index in [9.17, 15) is 22.8 Å². The second kappa shape index (κ2) is 5.75. The monoisotopic (exact) mass is 353 g/mol. The molecule has 2 aromatic heterocycles. The first-order valence-electron chi connectivity index (χ1n) is 6.74. The molecule has 0 aliphatic rings. The van der Waals surface area contributed by atoms with Crippen LogP contribution >= 0.6 is 11.3 Å². The second-order valence-electron chi connectivity index (χ2n) is 4.97. The van der Waals surface area contributed by atoms with E-state index < -0.39 is 23.5 Å². The molecule has 0 spiro atoms. The molecule has 3 aromatic rings. The number of fused-ring (bicyclic) bond motifs is 1. The zero-order valence-electron chi connectivity index (χ0n) is 12.2. The molecule has 9 heteroatoms. The standard InChI is InChI=1S/C15H10F3N3O2S/c1-7-9-11(13(23)21-14(20-9)15(16,17)18)24-10(7)12(22)19-8-5-3-2-4-6-8/h2-6H,1H3,(H,19,22)(H,20,21,23). The number of thiophene rings is 1. The largest absolute Gasteiger partial charge is 0.449 e. The van der Waals surface area contributed by atoms with Gasteiger partial charge in [-0.2, -0.15) is 13.2 Å². The van der Waals surface area contributed by atoms with Gasteiger partial charge in [-0.25, -0.2) is 4.98 Å². The van der Waals surface area contributed by atoms with E-state index in [1.54, 1.807) is 35.3 Å². The Morgan fingerprint density at radius 2 is 1.92 bits per heavy atom. The molecule has 0 aliphatic carbocycles. The van der Waals surface area contributed by atoms with E-state index in [0.717, 1.165) is 11.3 Å². The van der Waals surface area contributed by atoms with Crippen molar-refractivity contribution in [2.24, 2.45) is 0 Å². The fraction of sp³-hybridized carbons (Fsp3) is 0.133. The molecular weight excluding hydrogens is 343 g/mol. The first kappa shape index (κ1) is 16.2. The summed E-state index contributed by atoms with van der Waals surface area (Å²) in [5, 5.41) is 2.63. The van der Waals surface area contributed by atoms with Crippen LogP contribution in [-0.4, -0.2) is 15.9 Å². The second-order valence-corrected chi connectivity index (χ2v) is 5.99. The number of para-hydroxylation sites is 1. The van der Waals surface area contributed by atoms with Gasteiger partial charge in [0, 0.05) is 5.69 Å². The summed E-state index contributed by atoms with van der Waals surface area (Å²) in [4.78, 5) is 29.5. The molecule has 0 bridgehead atoms. The zero-order chi connectivity index (χ0) is 17.5. The lowest BCUT2D eigenvalue weighted by molar-refractivity contribution is -0.144. The third-order valence-corrected chi connectivity index (χ3v) is 4.56. The number of carbonyl (C=O) groups is 1. The van der Waals surface area contributed by atoms with Crippen LogP contribution < -0.4 is 10.9 Å². The maximum atomic E-state index is 12.8. The molecule has 0 aliphatic heterocycles. The highest BCUT2D eigenvalue weighted by Crippen LogP contribution is 2.31. The van der Waals surface area contributed by atoms with E-state index >= 15 is 0 Å². The highest BCUT2D eigenvalue weighted by Gasteiger charge is 2.35. The lowest BCUT2D eigenvalue weighted by Crippen LogP contribution is -2.18. The smallest absolute Gasteiger partial charge is 0.321 e. The lowest BCUT2D eigenvalue weighted by Gasteiger charge is -2.05. The normalized spacial score (nSPS) is 11.7. The van der Waals surface area contributed by atoms with E-state index in [-0.39, 0.29) is 20.7 Å². The predicted molar refractivity (Wildman–Crippen MR) is 84.4 cm³/mol. The number of rotatable bonds is 2. The van der Waals surface area contributed by atoms with Crippen molar-refractivity contribution < 1.29 is 18.0 Å². The minimum atomic E-state index is -4.77. The molecule has 24 heavy (non-hydrogen) atoms. The number of nitrogens with zero attached hydrogens (tertiary/aromatic N) is 1. The summed E-state index contributed by atoms with van der Waals surface area (Å²) in [6, 6.07) is 8.59. The van der Waals surface area contributed by atoms with Crippen molar-refractivity contribution in [3.8, 4) is 0 Å². The third-order valence-electron chi connectivity index (χ3n) is 3.28. The zero-order valence-corrected chi connectivity index (χ0v) is 13.0. The molecule has 0 atom stereocenters. The number of H-pyrrole nitrogens is 1. The van der Waals surface area contributed by atoms with Gasteiger partial charge in [-0.05, 0) is 24.6 Å². The number of halogens is 3. The van der Waals surface area contributed by atoms with Gasteiger partial charge in [-0.1, -0.05) is 18.2 Å². The number of aryl methyl sites for hydroxylation is 1. The number of hydrogen-bond donors (Lipinski definition) is 2. The van der Waals surface area contributed by atoms with Crippen LogP contribution in [0.2, 0.25) is 0 Å². The van der Waals surface area contributed by atoms with Crippen molar-refractivity contribution in [2.45, 2.75) is 13.1 Å². The Labute approximate surface area is 137 Å². The minimum Gasteiger partial charge on any atom is -0.321 e. The minimum absolute atomic E-state index is 0.0151. The topological polar surface area (TPSA) is 74.8 Å². The quantitative estimate of drug-likeness (QED) is 0.740. The summed E-state index contributed by atoms with van der Waals surface area (Å²) in [6.07, 6.45) is -4.77. The number of nitrogens with one attached hydrogen (secondary N) is 2. The Kier molecular flexibility index (Phi) is 3.88. The lowest BCUT2D eigenvalue weighted by atomic mass is 10.2. The van der Waals surface area contributed by atoms with Crippen LogP contribution in [0, 0.1) is 6.92 Å². The summed E-state index contributed by atoms with van der Waals surface area (Å²) in [5.41, 5.74) is -0.259. The molecule has 0 saturated heterocycles. The van der Waals surface area contributed by atoms with Gasteiger partial charge in [0.2, 0.25) is 5.82 Å². The average Bonchev–Trinajstić information content (AvgIpc) is 2.85. The van der Waals surface area contributed by atoms with E-state index in [1.807, 2.05) is 0 Å². The molecule has 0 radical (unpaired) electrons. The number of aromatic nitrogens is 2. The van der Waals surface area contributed by atoms with Crippen LogP contribution in [0.15, 0.2) is 35.1 Å². The van der Waals surface area contributed by atoms with Gasteiger partial charge < -0.3 is 10.3 Å². The molecule has 5 nitrogen and oxygen atoms in total. The maximum absolute atomic E-state index is 12.8. The molecule has 124 valence electrons. The molecule has 2 heterocycles. The van der Waals surface area contributed by atoms with Crippen LogP contribution in [0.4, 0.5) is 18.9 Å². The highest BCUT2D eigenvalue weighted by atomic mass is 32.1. The molecule has 0 fully saturated rings. The first-order chi connectivity index (χ1) is 11.3. The van der Waals surface area contributed by atoms with Crippen LogP contribution in [0.1, 0.15) is 21.1 Å². The van der Waals surface area contributed by atoms with Gasteiger partial charge in [-0.15, -0.1) is 11.3 Å². The molecule has 1 aromatic carbocycles. The Balaban J connectivity index is 2.07. The van der Waals surface area contributed by atoms with Gasteiger partial charge >= 0.3 is 6.18 Å². The number of benzene rings is 1. The third kappa shape index (κ3) is 2.90. The van der Waals surface area contributed by atoms with Crippen molar-refractivity contribution >= 4 is 33.1 Å². The molecular formula is C15H10F3N3O2S. The van der Waals surface area contributed by atoms with Gasteiger partial charge in [0.25, 0.3) is 11.5 Å². The van der Waals surface area contributed by atoms with Crippen molar-refractivity contribution in [3.05, 3.63) is 57.0 Å². The molecule has 0 unspecified atom stereocenters. The van der Waals surface area contributed by atoms with E-state index in [0.29, 0.717) is 5.69 Å². The molecule has 0 saturated carbocycles. The Bertz CT molecular complexity index is 977. The first-order valence-corrected chi connectivity index (χ1v) is 7.56. The van der Waals surface area contributed by atoms with Crippen molar-refractivity contribution in [1.29, 1.82) is 0 Å².